The van der Waals surface area contributed by atoms with E-state index >= 15 is 0 Å². The zero-order chi connectivity index (χ0) is 27.0. The molecule has 0 bridgehead atoms. The second kappa shape index (κ2) is 11.9. The molecule has 5 N–H and O–H groups in total. The summed E-state index contributed by atoms with van der Waals surface area (Å²) in [6, 6.07) is 2.61. The van der Waals surface area contributed by atoms with E-state index < -0.39 is 34.9 Å². The number of hydrogen-bond donors (Lipinski definition) is 4. The topological polar surface area (TPSA) is 191 Å². The molecule has 0 saturated carbocycles. The summed E-state index contributed by atoms with van der Waals surface area (Å²) >= 11 is 2.31. The zero-order valence-electron chi connectivity index (χ0n) is 19.6. The number of fused-ring (bicyclic) bond motifs is 1. The number of amides is 3. The first-order chi connectivity index (χ1) is 18.3. The molecule has 0 aliphatic carbocycles. The van der Waals surface area contributed by atoms with E-state index in [1.165, 1.54) is 17.1 Å². The number of carboxylic acids is 1. The van der Waals surface area contributed by atoms with E-state index in [4.69, 9.17) is 5.73 Å². The number of rotatable bonds is 7. The minimum absolute atomic E-state index is 0. The predicted octanol–water partition coefficient (Wildman–Crippen LogP) is -0.252. The molecule has 16 heteroatoms. The molecule has 3 aliphatic rings. The molecular formula is C23H22N7NaO6S2. The van der Waals surface area contributed by atoms with Gasteiger partial charge in [-0.05, 0) is 35.8 Å². The summed E-state index contributed by atoms with van der Waals surface area (Å²) in [6.45, 7) is 0.910. The molecule has 3 aliphatic heterocycles. The number of nitrogens with one attached hydrogen (secondary N) is 1. The van der Waals surface area contributed by atoms with Gasteiger partial charge in [-0.25, -0.2) is 9.78 Å². The number of carbonyl (C=O) groups excluding carboxylic acids is 3. The third kappa shape index (κ3) is 5.58. The van der Waals surface area contributed by atoms with Gasteiger partial charge in [0.15, 0.2) is 10.8 Å². The minimum atomic E-state index is -1.31. The van der Waals surface area contributed by atoms with Crippen molar-refractivity contribution in [2.75, 3.05) is 18.0 Å². The molecule has 0 radical (unpaired) electrons. The average molecular weight is 580 g/mol. The number of aliphatic carboxylic acids is 1. The SMILES string of the molecule is Nc1nc(/C(=N/O)C(=O)N[C@@H]2C(=O)N3C(C(=O)O)=C(C=C4CCN(Cc5ccncc5)C4=O)CS[C@H]23)cs1.[NaH]. The number of oxime groups is 1. The summed E-state index contributed by atoms with van der Waals surface area (Å²) in [4.78, 5) is 61.4. The van der Waals surface area contributed by atoms with Gasteiger partial charge in [0.25, 0.3) is 11.8 Å². The Morgan fingerprint density at radius 2 is 2.03 bits per heavy atom. The molecule has 0 aromatic carbocycles. The number of nitrogens with two attached hydrogens (primary N) is 1. The molecule has 5 rings (SSSR count). The predicted molar refractivity (Wildman–Crippen MR) is 144 cm³/mol. The normalized spacial score (nSPS) is 21.9. The van der Waals surface area contributed by atoms with Crippen LogP contribution in [-0.2, 0) is 25.7 Å². The molecule has 198 valence electrons. The summed E-state index contributed by atoms with van der Waals surface area (Å²) in [5.41, 5.74) is 6.73. The molecule has 0 spiro atoms. The molecule has 3 amide bonds. The number of carboxylic acid groups (broad SMARTS) is 1. The van der Waals surface area contributed by atoms with Crippen molar-refractivity contribution in [3.05, 3.63) is 64.1 Å². The summed E-state index contributed by atoms with van der Waals surface area (Å²) < 4.78 is 0. The van der Waals surface area contributed by atoms with Gasteiger partial charge >= 0.3 is 35.5 Å². The number of aromatic nitrogens is 2. The van der Waals surface area contributed by atoms with Gasteiger partial charge < -0.3 is 26.3 Å². The molecule has 0 unspecified atom stereocenters. The Morgan fingerprint density at radius 3 is 2.67 bits per heavy atom. The van der Waals surface area contributed by atoms with Crippen LogP contribution in [0.4, 0.5) is 5.13 Å². The Bertz CT molecular complexity index is 1430. The standard InChI is InChI=1S/C23H21N7O6S2.Na.H/c24-23-26-14(10-38-23)15(28-36)18(31)27-16-20(33)30-17(22(34)35)13(9-37-21(16)30)7-12-3-6-29(19(12)32)8-11-1-4-25-5-2-11;;/h1-2,4-5,7,10,16,21,36H,3,6,8-9H2,(H2,24,26)(H,27,31)(H,34,35);;/b12-7?,28-15-;;/t16-,21-;;/m1../s1. The molecule has 2 saturated heterocycles. The van der Waals surface area contributed by atoms with Crippen LogP contribution in [0, 0.1) is 0 Å². The molecule has 39 heavy (non-hydrogen) atoms. The summed E-state index contributed by atoms with van der Waals surface area (Å²) in [6.07, 6.45) is 5.31. The van der Waals surface area contributed by atoms with Gasteiger partial charge in [-0.2, -0.15) is 0 Å². The number of hydrogen-bond acceptors (Lipinski definition) is 11. The Kier molecular flexibility index (Phi) is 8.76. The van der Waals surface area contributed by atoms with Crippen LogP contribution in [-0.4, -0.2) is 113 Å². The van der Waals surface area contributed by atoms with Gasteiger partial charge in [0.2, 0.25) is 5.91 Å². The van der Waals surface area contributed by atoms with E-state index in [-0.39, 0.29) is 57.7 Å². The van der Waals surface area contributed by atoms with E-state index in [2.05, 4.69) is 20.4 Å². The third-order valence-corrected chi connectivity index (χ3v) is 8.23. The molecule has 2 fully saturated rings. The van der Waals surface area contributed by atoms with E-state index in [9.17, 15) is 29.5 Å². The van der Waals surface area contributed by atoms with Gasteiger partial charge in [-0.1, -0.05) is 5.16 Å². The Labute approximate surface area is 252 Å². The number of thioether (sulfide) groups is 1. The molecule has 2 aromatic rings. The maximum atomic E-state index is 13.0. The molecule has 2 atom stereocenters. The van der Waals surface area contributed by atoms with Crippen molar-refractivity contribution in [1.82, 2.24) is 25.1 Å². The number of pyridine rings is 1. The van der Waals surface area contributed by atoms with Crippen molar-refractivity contribution in [2.45, 2.75) is 24.4 Å². The van der Waals surface area contributed by atoms with Crippen molar-refractivity contribution in [1.29, 1.82) is 0 Å². The van der Waals surface area contributed by atoms with Crippen molar-refractivity contribution < 1.29 is 29.5 Å². The van der Waals surface area contributed by atoms with Crippen LogP contribution in [0.25, 0.3) is 0 Å². The van der Waals surface area contributed by atoms with Gasteiger partial charge in [0.1, 0.15) is 22.8 Å². The number of allylic oxidation sites excluding steroid dienone is 1. The first kappa shape index (κ1) is 28.8. The number of nitrogens with zero attached hydrogens (tertiary/aromatic N) is 5. The summed E-state index contributed by atoms with van der Waals surface area (Å²) in [5, 5.41) is 25.6. The third-order valence-electron chi connectivity index (χ3n) is 6.25. The van der Waals surface area contributed by atoms with Crippen molar-refractivity contribution in [2.24, 2.45) is 5.16 Å². The fourth-order valence-electron chi connectivity index (χ4n) is 4.44. The monoisotopic (exact) mass is 579 g/mol. The van der Waals surface area contributed by atoms with Gasteiger partial charge in [0, 0.05) is 42.2 Å². The van der Waals surface area contributed by atoms with Crippen LogP contribution in [0.5, 0.6) is 0 Å². The summed E-state index contributed by atoms with van der Waals surface area (Å²) in [5.74, 6) is -2.76. The average Bonchev–Trinajstić information content (AvgIpc) is 3.48. The Morgan fingerprint density at radius 1 is 1.28 bits per heavy atom. The molecule has 13 nitrogen and oxygen atoms in total. The molecular weight excluding hydrogens is 557 g/mol. The van der Waals surface area contributed by atoms with Crippen LogP contribution in [0.2, 0.25) is 0 Å². The zero-order valence-corrected chi connectivity index (χ0v) is 21.2. The fraction of sp³-hybridized carbons (Fsp3) is 0.261. The second-order valence-electron chi connectivity index (χ2n) is 8.56. The van der Waals surface area contributed by atoms with E-state index in [1.54, 1.807) is 23.4 Å². The van der Waals surface area contributed by atoms with Crippen LogP contribution >= 0.6 is 23.1 Å². The number of likely N-dealkylation sites (tertiary alicyclic amines) is 1. The van der Waals surface area contributed by atoms with Crippen molar-refractivity contribution in [3.63, 3.8) is 0 Å². The first-order valence-corrected chi connectivity index (χ1v) is 13.3. The van der Waals surface area contributed by atoms with Crippen molar-refractivity contribution >= 4 is 87.2 Å². The quantitative estimate of drug-likeness (QED) is 0.0849. The van der Waals surface area contributed by atoms with Crippen LogP contribution in [0.15, 0.2) is 58.0 Å². The first-order valence-electron chi connectivity index (χ1n) is 11.3. The van der Waals surface area contributed by atoms with Gasteiger partial charge in [0.05, 0.1) is 0 Å². The Hall–Kier alpha value is -3.24. The van der Waals surface area contributed by atoms with Crippen LogP contribution < -0.4 is 11.1 Å². The number of β-lactam (4-membered cyclic amide) rings is 1. The number of carbonyl (C=O) groups is 4. The van der Waals surface area contributed by atoms with E-state index in [0.717, 1.165) is 21.8 Å². The number of thiazole rings is 1. The second-order valence-corrected chi connectivity index (χ2v) is 10.6. The fourth-order valence-corrected chi connectivity index (χ4v) is 6.30. The van der Waals surface area contributed by atoms with Crippen molar-refractivity contribution in [3.8, 4) is 0 Å². The van der Waals surface area contributed by atoms with E-state index in [0.29, 0.717) is 30.7 Å². The molecule has 2 aromatic heterocycles. The van der Waals surface area contributed by atoms with Crippen LogP contribution in [0.1, 0.15) is 17.7 Å². The van der Waals surface area contributed by atoms with Gasteiger partial charge in [-0.15, -0.1) is 23.1 Å². The molecule has 5 heterocycles. The maximum absolute atomic E-state index is 13.0. The van der Waals surface area contributed by atoms with Crippen LogP contribution in [0.3, 0.4) is 0 Å². The van der Waals surface area contributed by atoms with Gasteiger partial charge in [-0.3, -0.25) is 24.3 Å². The number of nitrogen functional groups attached to an aromatic ring is 1. The van der Waals surface area contributed by atoms with E-state index in [1.807, 2.05) is 12.1 Å². The number of anilines is 1. The Balaban J connectivity index is 0.00000353. The summed E-state index contributed by atoms with van der Waals surface area (Å²) in [7, 11) is 0.